The van der Waals surface area contributed by atoms with E-state index in [1.165, 1.54) is 4.31 Å². The molecule has 2 saturated heterocycles. The third kappa shape index (κ3) is 6.24. The van der Waals surface area contributed by atoms with Crippen LogP contribution in [0.2, 0.25) is 0 Å². The van der Waals surface area contributed by atoms with E-state index in [0.717, 1.165) is 30.0 Å². The smallest absolute Gasteiger partial charge is 0.322 e. The van der Waals surface area contributed by atoms with Gasteiger partial charge in [-0.25, -0.2) is 17.6 Å². The maximum absolute atomic E-state index is 14.5. The maximum atomic E-state index is 14.5. The van der Waals surface area contributed by atoms with Crippen LogP contribution >= 0.6 is 0 Å². The molecule has 0 bridgehead atoms. The lowest BCUT2D eigenvalue weighted by atomic mass is 9.93. The van der Waals surface area contributed by atoms with Crippen LogP contribution in [0.25, 0.3) is 0 Å². The molecule has 2 aliphatic heterocycles. The molecule has 0 saturated carbocycles. The Morgan fingerprint density at radius 3 is 2.24 bits per heavy atom. The van der Waals surface area contributed by atoms with E-state index in [-0.39, 0.29) is 56.3 Å². The van der Waals surface area contributed by atoms with E-state index >= 15 is 0 Å². The number of carbonyl (C=O) groups is 1. The fourth-order valence-corrected chi connectivity index (χ4v) is 5.91. The molecule has 0 N–H and O–H groups in total. The normalized spacial score (nSPS) is 21.6. The summed E-state index contributed by atoms with van der Waals surface area (Å²) in [4.78, 5) is 18.5. The van der Waals surface area contributed by atoms with Gasteiger partial charge in [0.05, 0.1) is 11.8 Å². The fourth-order valence-electron chi connectivity index (χ4n) is 5.09. The first-order valence-electron chi connectivity index (χ1n) is 11.9. The number of alkyl halides is 3. The van der Waals surface area contributed by atoms with Crippen molar-refractivity contribution in [2.24, 2.45) is 0 Å². The lowest BCUT2D eigenvalue weighted by Crippen LogP contribution is -2.53. The lowest BCUT2D eigenvalue weighted by molar-refractivity contribution is -0.137. The second kappa shape index (κ2) is 10.6. The van der Waals surface area contributed by atoms with Crippen LogP contribution in [-0.2, 0) is 22.7 Å². The van der Waals surface area contributed by atoms with Crippen LogP contribution in [0.4, 0.5) is 22.4 Å². The monoisotopic (exact) mass is 542 g/mol. The van der Waals surface area contributed by atoms with Crippen molar-refractivity contribution in [2.75, 3.05) is 52.6 Å². The summed E-state index contributed by atoms with van der Waals surface area (Å²) in [5.74, 6) is -0.855. The summed E-state index contributed by atoms with van der Waals surface area (Å²) in [5.41, 5.74) is 0.000224. The number of urea groups is 1. The van der Waals surface area contributed by atoms with Gasteiger partial charge in [-0.1, -0.05) is 30.3 Å². The van der Waals surface area contributed by atoms with Gasteiger partial charge in [-0.05, 0) is 30.8 Å². The van der Waals surface area contributed by atoms with Crippen molar-refractivity contribution in [3.63, 3.8) is 0 Å². The topological polar surface area (TPSA) is 64.2 Å². The van der Waals surface area contributed by atoms with Gasteiger partial charge < -0.3 is 9.80 Å². The van der Waals surface area contributed by atoms with E-state index in [0.29, 0.717) is 13.1 Å². The average molecular weight is 543 g/mol. The Balaban J connectivity index is 1.52. The molecule has 0 radical (unpaired) electrons. The van der Waals surface area contributed by atoms with Crippen molar-refractivity contribution < 1.29 is 30.8 Å². The van der Waals surface area contributed by atoms with Crippen molar-refractivity contribution in [3.05, 3.63) is 71.0 Å². The largest absolute Gasteiger partial charge is 0.416 e. The van der Waals surface area contributed by atoms with Crippen molar-refractivity contribution >= 4 is 16.1 Å². The van der Waals surface area contributed by atoms with Crippen LogP contribution in [0.3, 0.4) is 0 Å². The number of likely N-dealkylation sites (tertiary alicyclic amines) is 1. The standard InChI is InChI=1S/C25H30F4N4O3S/c1-30(15-19-14-20(25(27,28)29)8-9-22(19)26)23-17-32(16-21(23)18-6-4-3-5-7-18)24(34)31-10-12-33(13-11-31)37(2,35)36/h3-9,14,21,23H,10-13,15-17H2,1-2H3/t21-,23+/m1/s1. The Morgan fingerprint density at radius 1 is 1.00 bits per heavy atom. The van der Waals surface area contributed by atoms with Gasteiger partial charge in [-0.3, -0.25) is 4.90 Å². The number of hydrogen-bond donors (Lipinski definition) is 0. The summed E-state index contributed by atoms with van der Waals surface area (Å²) in [6.45, 7) is 1.62. The number of piperazine rings is 1. The lowest BCUT2D eigenvalue weighted by Gasteiger charge is -2.35. The number of carbonyl (C=O) groups excluding carboxylic acids is 1. The number of likely N-dealkylation sites (N-methyl/N-ethyl adjacent to an activating group) is 1. The number of benzene rings is 2. The van der Waals surface area contributed by atoms with Crippen LogP contribution in [0.1, 0.15) is 22.6 Å². The molecule has 2 heterocycles. The van der Waals surface area contributed by atoms with Gasteiger partial charge >= 0.3 is 12.2 Å². The summed E-state index contributed by atoms with van der Waals surface area (Å²) in [5, 5.41) is 0. The molecule has 2 aromatic rings. The first-order valence-corrected chi connectivity index (χ1v) is 13.8. The highest BCUT2D eigenvalue weighted by Gasteiger charge is 2.41. The molecule has 2 aromatic carbocycles. The molecule has 37 heavy (non-hydrogen) atoms. The van der Waals surface area contributed by atoms with E-state index < -0.39 is 27.6 Å². The molecule has 0 spiro atoms. The summed E-state index contributed by atoms with van der Waals surface area (Å²) in [6.07, 6.45) is -3.44. The minimum atomic E-state index is -4.58. The number of hydrogen-bond acceptors (Lipinski definition) is 4. The van der Waals surface area contributed by atoms with Gasteiger partial charge in [0, 0.05) is 63.3 Å². The van der Waals surface area contributed by atoms with Crippen LogP contribution in [-0.4, -0.2) is 92.1 Å². The third-order valence-electron chi connectivity index (χ3n) is 7.12. The number of rotatable bonds is 5. The zero-order chi connectivity index (χ0) is 27.0. The summed E-state index contributed by atoms with van der Waals surface area (Å²) in [6, 6.07) is 11.4. The molecule has 0 aliphatic carbocycles. The predicted octanol–water partition coefficient (Wildman–Crippen LogP) is 3.44. The van der Waals surface area contributed by atoms with Gasteiger partial charge in [0.1, 0.15) is 5.82 Å². The van der Waals surface area contributed by atoms with Crippen LogP contribution in [0, 0.1) is 5.82 Å². The Hall–Kier alpha value is -2.70. The maximum Gasteiger partial charge on any atom is 0.416 e. The molecule has 2 aliphatic rings. The van der Waals surface area contributed by atoms with Crippen LogP contribution in [0.15, 0.2) is 48.5 Å². The highest BCUT2D eigenvalue weighted by Crippen LogP contribution is 2.34. The van der Waals surface area contributed by atoms with Crippen molar-refractivity contribution in [1.29, 1.82) is 0 Å². The van der Waals surface area contributed by atoms with E-state index in [4.69, 9.17) is 0 Å². The van der Waals surface area contributed by atoms with E-state index in [1.54, 1.807) is 21.7 Å². The van der Waals surface area contributed by atoms with E-state index in [9.17, 15) is 30.8 Å². The van der Waals surface area contributed by atoms with Crippen molar-refractivity contribution in [3.8, 4) is 0 Å². The molecule has 2 atom stereocenters. The van der Waals surface area contributed by atoms with Gasteiger partial charge in [-0.15, -0.1) is 0 Å². The number of amides is 2. The molecule has 0 unspecified atom stereocenters. The second-order valence-electron chi connectivity index (χ2n) is 9.64. The molecule has 0 aromatic heterocycles. The SMILES string of the molecule is CN(Cc1cc(C(F)(F)F)ccc1F)[C@H]1CN(C(=O)N2CCN(S(C)(=O)=O)CC2)C[C@@H]1c1ccccc1. The third-order valence-corrected chi connectivity index (χ3v) is 8.43. The summed E-state index contributed by atoms with van der Waals surface area (Å²) >= 11 is 0. The molecule has 4 rings (SSSR count). The van der Waals surface area contributed by atoms with Gasteiger partial charge in [0.2, 0.25) is 10.0 Å². The van der Waals surface area contributed by atoms with Gasteiger partial charge in [0.15, 0.2) is 0 Å². The van der Waals surface area contributed by atoms with Crippen molar-refractivity contribution in [1.82, 2.24) is 19.0 Å². The first kappa shape index (κ1) is 27.3. The molecular weight excluding hydrogens is 512 g/mol. The molecule has 202 valence electrons. The number of halogens is 4. The zero-order valence-corrected chi connectivity index (χ0v) is 21.5. The Morgan fingerprint density at radius 2 is 1.65 bits per heavy atom. The second-order valence-corrected chi connectivity index (χ2v) is 11.6. The zero-order valence-electron chi connectivity index (χ0n) is 20.7. The number of nitrogens with zero attached hydrogens (tertiary/aromatic N) is 4. The molecular formula is C25H30F4N4O3S. The van der Waals surface area contributed by atoms with Crippen molar-refractivity contribution in [2.45, 2.75) is 24.7 Å². The summed E-state index contributed by atoms with van der Waals surface area (Å²) < 4.78 is 79.0. The Bertz CT molecular complexity index is 1220. The average Bonchev–Trinajstić information content (AvgIpc) is 3.30. The molecule has 2 fully saturated rings. The molecule has 12 heteroatoms. The molecule has 2 amide bonds. The van der Waals surface area contributed by atoms with E-state index in [1.807, 2.05) is 30.3 Å². The fraction of sp³-hybridized carbons (Fsp3) is 0.480. The highest BCUT2D eigenvalue weighted by molar-refractivity contribution is 7.88. The molecule has 7 nitrogen and oxygen atoms in total. The van der Waals surface area contributed by atoms with Crippen LogP contribution < -0.4 is 0 Å². The van der Waals surface area contributed by atoms with Gasteiger partial charge in [0.25, 0.3) is 0 Å². The Labute approximate surface area is 214 Å². The highest BCUT2D eigenvalue weighted by atomic mass is 32.2. The predicted molar refractivity (Wildman–Crippen MR) is 131 cm³/mol. The number of sulfonamides is 1. The minimum Gasteiger partial charge on any atom is -0.322 e. The van der Waals surface area contributed by atoms with E-state index in [2.05, 4.69) is 0 Å². The van der Waals surface area contributed by atoms with Gasteiger partial charge in [-0.2, -0.15) is 17.5 Å². The minimum absolute atomic E-state index is 0.0567. The summed E-state index contributed by atoms with van der Waals surface area (Å²) in [7, 11) is -1.61. The Kier molecular flexibility index (Phi) is 7.82. The van der Waals surface area contributed by atoms with Crippen LogP contribution in [0.5, 0.6) is 0 Å². The quantitative estimate of drug-likeness (QED) is 0.544. The first-order chi connectivity index (χ1) is 17.3.